The van der Waals surface area contributed by atoms with Gasteiger partial charge in [0, 0.05) is 24.6 Å². The van der Waals surface area contributed by atoms with Gasteiger partial charge in [-0.2, -0.15) is 0 Å². The normalized spacial score (nSPS) is 9.91. The van der Waals surface area contributed by atoms with E-state index < -0.39 is 42.5 Å². The third-order valence-electron chi connectivity index (χ3n) is 3.19. The smallest absolute Gasteiger partial charge is 0.336 e. The Bertz CT molecular complexity index is 901. The van der Waals surface area contributed by atoms with E-state index in [9.17, 15) is 23.1 Å². The number of hydrogen-bond donors (Lipinski definition) is 9. The lowest BCUT2D eigenvalue weighted by Gasteiger charge is -2.06. The second-order valence-corrected chi connectivity index (χ2v) is 13.9. The molecule has 0 saturated heterocycles. The van der Waals surface area contributed by atoms with Crippen LogP contribution in [0.25, 0.3) is 0 Å². The van der Waals surface area contributed by atoms with E-state index in [2.05, 4.69) is 10.1 Å². The van der Waals surface area contributed by atoms with Crippen LogP contribution in [0.1, 0.15) is 88.6 Å². The highest BCUT2D eigenvalue weighted by atomic mass is 31.2. The van der Waals surface area contributed by atoms with Crippen molar-refractivity contribution in [3.8, 4) is 0 Å². The minimum atomic E-state index is -4.23. The molecule has 1 aromatic carbocycles. The molecule has 0 heterocycles. The predicted molar refractivity (Wildman–Crippen MR) is 180 cm³/mol. The average molecular weight is 724 g/mol. The molecule has 0 spiro atoms. The highest BCUT2D eigenvalue weighted by molar-refractivity contribution is 7.53. The predicted octanol–water partition coefficient (Wildman–Crippen LogP) is 6.00. The van der Waals surface area contributed by atoms with Gasteiger partial charge in [0.25, 0.3) is 0 Å². The zero-order valence-corrected chi connectivity index (χ0v) is 31.9. The second-order valence-electron chi connectivity index (χ2n) is 6.64. The fourth-order valence-corrected chi connectivity index (χ4v) is 2.66. The zero-order valence-electron chi connectivity index (χ0n) is 28.4. The van der Waals surface area contributed by atoms with Gasteiger partial charge in [0.15, 0.2) is 0 Å². The third kappa shape index (κ3) is 68.3. The number of esters is 1. The summed E-state index contributed by atoms with van der Waals surface area (Å²) in [6.07, 6.45) is -1.15. The van der Waals surface area contributed by atoms with E-state index in [0.29, 0.717) is 5.56 Å². The molecule has 1 aromatic rings. The first-order valence-electron chi connectivity index (χ1n) is 14.3. The molecule has 1 rings (SSSR count). The molecule has 19 heteroatoms. The molecule has 0 aliphatic heterocycles. The number of ether oxygens (including phenoxy) is 1. The highest BCUT2D eigenvalue weighted by Gasteiger charge is 2.19. The first-order chi connectivity index (χ1) is 20.1. The van der Waals surface area contributed by atoms with E-state index in [-0.39, 0.29) is 25.1 Å². The van der Waals surface area contributed by atoms with E-state index in [1.807, 2.05) is 74.4 Å². The standard InChI is InChI=1S/C9H14NO3P.C4H9O5P.2C2H7O3P.4C2H6/c1-2-10-9-5-3-8(4-6-9)7-14(11,12)13;1-2-9-4(5)3-10(6,7)8;2*1-2-6(3,4)5;4*1-2/h3-6,10H,2,7H2,1H3,(H2,11,12,13);2-3H2,1H3,(H2,6,7,8);2*2H2,1H3,(H2,3,4,5);4*1-2H3. The summed E-state index contributed by atoms with van der Waals surface area (Å²) in [6.45, 7) is 23.4. The number of nitrogens with one attached hydrogen (secondary N) is 1. The third-order valence-corrected chi connectivity index (χ3v) is 6.28. The van der Waals surface area contributed by atoms with Crippen LogP contribution in [0, 0.1) is 0 Å². The molecule has 9 N–H and O–H groups in total. The van der Waals surface area contributed by atoms with Crippen molar-refractivity contribution in [2.45, 2.75) is 89.2 Å². The highest BCUT2D eigenvalue weighted by Crippen LogP contribution is 2.39. The summed E-state index contributed by atoms with van der Waals surface area (Å²) in [5.74, 6) is -0.865. The molecule has 0 unspecified atom stereocenters. The van der Waals surface area contributed by atoms with Gasteiger partial charge in [0.05, 0.1) is 12.8 Å². The fraction of sp³-hybridized carbons (Fsp3) is 0.720. The molecule has 0 amide bonds. The topological polar surface area (TPSA) is 268 Å². The van der Waals surface area contributed by atoms with E-state index in [1.54, 1.807) is 19.1 Å². The minimum absolute atomic E-state index is 0.0625. The summed E-state index contributed by atoms with van der Waals surface area (Å²) >= 11 is 0. The lowest BCUT2D eigenvalue weighted by atomic mass is 10.2. The fourth-order valence-electron chi connectivity index (χ4n) is 1.54. The molecule has 270 valence electrons. The molecule has 15 nitrogen and oxygen atoms in total. The Labute approximate surface area is 264 Å². The average Bonchev–Trinajstić information content (AvgIpc) is 2.93. The van der Waals surface area contributed by atoms with Gasteiger partial charge in [0.2, 0.25) is 0 Å². The van der Waals surface area contributed by atoms with Crippen molar-refractivity contribution in [3.05, 3.63) is 29.8 Å². The van der Waals surface area contributed by atoms with Crippen molar-refractivity contribution in [2.24, 2.45) is 0 Å². The Morgan fingerprint density at radius 2 is 0.932 bits per heavy atom. The molecule has 0 atom stereocenters. The lowest BCUT2D eigenvalue weighted by molar-refractivity contribution is -0.140. The van der Waals surface area contributed by atoms with Crippen molar-refractivity contribution < 1.29 is 66.9 Å². The van der Waals surface area contributed by atoms with E-state index in [1.165, 1.54) is 13.8 Å². The van der Waals surface area contributed by atoms with Gasteiger partial charge < -0.3 is 49.2 Å². The van der Waals surface area contributed by atoms with Gasteiger partial charge >= 0.3 is 36.4 Å². The van der Waals surface area contributed by atoms with Gasteiger partial charge in [0.1, 0.15) is 6.16 Å². The van der Waals surface area contributed by atoms with Crippen molar-refractivity contribution in [3.63, 3.8) is 0 Å². The van der Waals surface area contributed by atoms with Crippen molar-refractivity contribution in [1.29, 1.82) is 0 Å². The van der Waals surface area contributed by atoms with Crippen LogP contribution in [0.2, 0.25) is 0 Å². The van der Waals surface area contributed by atoms with Crippen LogP contribution in [0.15, 0.2) is 24.3 Å². The molecule has 0 aliphatic carbocycles. The van der Waals surface area contributed by atoms with Crippen LogP contribution in [0.4, 0.5) is 5.69 Å². The van der Waals surface area contributed by atoms with Crippen LogP contribution >= 0.6 is 30.4 Å². The molecule has 0 aromatic heterocycles. The Hall–Kier alpha value is -0.910. The second kappa shape index (κ2) is 36.6. The summed E-state index contributed by atoms with van der Waals surface area (Å²) in [4.78, 5) is 76.0. The van der Waals surface area contributed by atoms with Gasteiger partial charge in [-0.05, 0) is 31.5 Å². The van der Waals surface area contributed by atoms with Crippen LogP contribution in [-0.4, -0.2) is 76.8 Å². The van der Waals surface area contributed by atoms with Crippen LogP contribution < -0.4 is 5.32 Å². The molecular weight excluding hydrogens is 662 g/mol. The maximum absolute atomic E-state index is 10.7. The zero-order chi connectivity index (χ0) is 37.2. The summed E-state index contributed by atoms with van der Waals surface area (Å²) in [5, 5.41) is 3.10. The molecule has 44 heavy (non-hydrogen) atoms. The largest absolute Gasteiger partial charge is 0.466 e. The van der Waals surface area contributed by atoms with Crippen LogP contribution in [0.3, 0.4) is 0 Å². The Morgan fingerprint density at radius 1 is 0.614 bits per heavy atom. The Morgan fingerprint density at radius 3 is 1.14 bits per heavy atom. The van der Waals surface area contributed by atoms with Crippen LogP contribution in [0.5, 0.6) is 0 Å². The monoisotopic (exact) mass is 723 g/mol. The Balaban J connectivity index is -0.0000000806. The molecule has 0 bridgehead atoms. The van der Waals surface area contributed by atoms with Crippen molar-refractivity contribution in [1.82, 2.24) is 0 Å². The number of carbonyl (C=O) groups is 1. The lowest BCUT2D eigenvalue weighted by Crippen LogP contribution is -2.09. The van der Waals surface area contributed by atoms with Gasteiger partial charge in [-0.15, -0.1) is 0 Å². The van der Waals surface area contributed by atoms with E-state index in [0.717, 1.165) is 12.2 Å². The first-order valence-corrected chi connectivity index (χ1v) is 21.4. The van der Waals surface area contributed by atoms with Crippen molar-refractivity contribution in [2.75, 3.05) is 37.0 Å². The Kier molecular flexibility index (Phi) is 48.7. The quantitative estimate of drug-likeness (QED) is 0.104. The molecule has 0 saturated carbocycles. The molecule has 0 aliphatic rings. The number of carbonyl (C=O) groups excluding carboxylic acids is 1. The van der Waals surface area contributed by atoms with Gasteiger partial charge in [-0.3, -0.25) is 23.1 Å². The van der Waals surface area contributed by atoms with Crippen molar-refractivity contribution >= 4 is 42.0 Å². The number of anilines is 1. The number of rotatable bonds is 9. The SMILES string of the molecule is CC.CC.CC.CC.CCNc1ccc(CP(=O)(O)O)cc1.CCOC(=O)CP(=O)(O)O.CCP(=O)(O)O.CCP(=O)(O)O. The van der Waals surface area contributed by atoms with Gasteiger partial charge in [-0.1, -0.05) is 81.4 Å². The maximum atomic E-state index is 10.7. The molecular formula is C25H61NO14P4. The summed E-state index contributed by atoms with van der Waals surface area (Å²) in [5.41, 5.74) is 1.61. The molecule has 0 radical (unpaired) electrons. The maximum Gasteiger partial charge on any atom is 0.336 e. The van der Waals surface area contributed by atoms with Gasteiger partial charge in [-0.25, -0.2) is 0 Å². The number of benzene rings is 1. The summed E-state index contributed by atoms with van der Waals surface area (Å²) in [7, 11) is -15.5. The summed E-state index contributed by atoms with van der Waals surface area (Å²) < 4.78 is 44.5. The minimum Gasteiger partial charge on any atom is -0.466 e. The number of hydrogen-bond acceptors (Lipinski definition) is 7. The van der Waals surface area contributed by atoms with Crippen LogP contribution in [-0.2, 0) is 34.0 Å². The molecule has 0 fully saturated rings. The first kappa shape index (κ1) is 58.6. The summed E-state index contributed by atoms with van der Waals surface area (Å²) in [6, 6.07) is 7.07. The van der Waals surface area contributed by atoms with E-state index in [4.69, 9.17) is 39.1 Å². The van der Waals surface area contributed by atoms with E-state index >= 15 is 0 Å².